The fourth-order valence-corrected chi connectivity index (χ4v) is 3.05. The van der Waals surface area contributed by atoms with Crippen LogP contribution in [0.2, 0.25) is 0 Å². The molecule has 0 atom stereocenters. The molecule has 2 aromatic rings. The monoisotopic (exact) mass is 313 g/mol. The van der Waals surface area contributed by atoms with Crippen molar-refractivity contribution in [3.8, 4) is 0 Å². The lowest BCUT2D eigenvalue weighted by Gasteiger charge is -2.07. The molecule has 0 saturated carbocycles. The first-order valence-corrected chi connectivity index (χ1v) is 8.05. The molecule has 2 aromatic carbocycles. The Labute approximate surface area is 135 Å². The molecule has 0 bridgehead atoms. The number of rotatable bonds is 5. The highest BCUT2D eigenvalue weighted by Crippen LogP contribution is 2.24. The number of hydrogen-bond donors (Lipinski definition) is 1. The molecule has 0 unspecified atom stereocenters. The Morgan fingerprint density at radius 2 is 1.73 bits per heavy atom. The maximum Gasteiger partial charge on any atom is 0.221 e. The standard InChI is InChI=1S/C18H19NO2S/c1-12-4-5-13(2)18(10-12)22-11-17(21)15-6-8-16(9-7-15)19-14(3)20/h4-10H,11H2,1-3H3,(H,19,20). The average Bonchev–Trinajstić information content (AvgIpc) is 2.48. The van der Waals surface area contributed by atoms with Crippen molar-refractivity contribution < 1.29 is 9.59 Å². The van der Waals surface area contributed by atoms with Gasteiger partial charge in [-0.2, -0.15) is 0 Å². The number of carbonyl (C=O) groups is 2. The summed E-state index contributed by atoms with van der Waals surface area (Å²) >= 11 is 1.56. The number of anilines is 1. The van der Waals surface area contributed by atoms with Crippen molar-refractivity contribution in [3.63, 3.8) is 0 Å². The maximum atomic E-state index is 12.2. The minimum absolute atomic E-state index is 0.0836. The predicted octanol–water partition coefficient (Wildman–Crippen LogP) is 4.24. The van der Waals surface area contributed by atoms with Crippen LogP contribution in [0.5, 0.6) is 0 Å². The number of hydrogen-bond acceptors (Lipinski definition) is 3. The summed E-state index contributed by atoms with van der Waals surface area (Å²) in [5.74, 6) is 0.369. The van der Waals surface area contributed by atoms with Gasteiger partial charge in [-0.1, -0.05) is 17.7 Å². The van der Waals surface area contributed by atoms with E-state index in [4.69, 9.17) is 0 Å². The number of thioether (sulfide) groups is 1. The van der Waals surface area contributed by atoms with E-state index in [1.165, 1.54) is 18.1 Å². The zero-order valence-corrected chi connectivity index (χ0v) is 13.8. The molecule has 0 aliphatic rings. The first-order chi connectivity index (χ1) is 10.5. The molecule has 2 rings (SSSR count). The second kappa shape index (κ2) is 7.27. The fourth-order valence-electron chi connectivity index (χ4n) is 2.03. The van der Waals surface area contributed by atoms with Crippen LogP contribution in [-0.4, -0.2) is 17.4 Å². The Bertz CT molecular complexity index is 693. The summed E-state index contributed by atoms with van der Waals surface area (Å²) in [5, 5.41) is 2.69. The predicted molar refractivity (Wildman–Crippen MR) is 91.7 cm³/mol. The van der Waals surface area contributed by atoms with Crippen molar-refractivity contribution in [1.29, 1.82) is 0 Å². The van der Waals surface area contributed by atoms with E-state index in [2.05, 4.69) is 30.4 Å². The van der Waals surface area contributed by atoms with Gasteiger partial charge in [0.2, 0.25) is 5.91 Å². The first kappa shape index (κ1) is 16.3. The number of carbonyl (C=O) groups excluding carboxylic acids is 2. The van der Waals surface area contributed by atoms with Crippen molar-refractivity contribution in [2.45, 2.75) is 25.7 Å². The van der Waals surface area contributed by atoms with E-state index in [0.717, 1.165) is 4.90 Å². The van der Waals surface area contributed by atoms with Crippen LogP contribution in [0.15, 0.2) is 47.4 Å². The summed E-state index contributed by atoms with van der Waals surface area (Å²) < 4.78 is 0. The second-order valence-corrected chi connectivity index (χ2v) is 6.26. The van der Waals surface area contributed by atoms with E-state index in [-0.39, 0.29) is 11.7 Å². The fraction of sp³-hybridized carbons (Fsp3) is 0.222. The van der Waals surface area contributed by atoms with Gasteiger partial charge in [-0.15, -0.1) is 11.8 Å². The summed E-state index contributed by atoms with van der Waals surface area (Å²) in [6.45, 7) is 5.56. The number of benzene rings is 2. The van der Waals surface area contributed by atoms with Crippen LogP contribution in [0.1, 0.15) is 28.4 Å². The molecular weight excluding hydrogens is 294 g/mol. The van der Waals surface area contributed by atoms with Crippen molar-refractivity contribution in [2.24, 2.45) is 0 Å². The molecular formula is C18H19NO2S. The molecule has 22 heavy (non-hydrogen) atoms. The lowest BCUT2D eigenvalue weighted by molar-refractivity contribution is -0.114. The largest absolute Gasteiger partial charge is 0.326 e. The summed E-state index contributed by atoms with van der Waals surface area (Å²) in [6, 6.07) is 13.2. The van der Waals surface area contributed by atoms with E-state index in [1.54, 1.807) is 36.0 Å². The Morgan fingerprint density at radius 1 is 1.05 bits per heavy atom. The van der Waals surface area contributed by atoms with E-state index >= 15 is 0 Å². The van der Waals surface area contributed by atoms with Gasteiger partial charge in [-0.05, 0) is 49.7 Å². The quantitative estimate of drug-likeness (QED) is 0.663. The number of nitrogens with one attached hydrogen (secondary N) is 1. The van der Waals surface area contributed by atoms with Gasteiger partial charge in [-0.3, -0.25) is 9.59 Å². The summed E-state index contributed by atoms with van der Waals surface area (Å²) in [4.78, 5) is 24.4. The molecule has 0 saturated heterocycles. The summed E-state index contributed by atoms with van der Waals surface area (Å²) in [5.41, 5.74) is 3.74. The zero-order valence-electron chi connectivity index (χ0n) is 13.0. The average molecular weight is 313 g/mol. The van der Waals surface area contributed by atoms with Crippen LogP contribution in [0.4, 0.5) is 5.69 Å². The van der Waals surface area contributed by atoms with Gasteiger partial charge in [-0.25, -0.2) is 0 Å². The molecule has 3 nitrogen and oxygen atoms in total. The van der Waals surface area contributed by atoms with Gasteiger partial charge in [0.05, 0.1) is 5.75 Å². The Balaban J connectivity index is 2.00. The number of Topliss-reactive ketones (excluding diaryl/α,β-unsaturated/α-hetero) is 1. The highest BCUT2D eigenvalue weighted by molar-refractivity contribution is 8.00. The molecule has 0 aliphatic carbocycles. The molecule has 0 heterocycles. The van der Waals surface area contributed by atoms with Crippen LogP contribution < -0.4 is 5.32 Å². The van der Waals surface area contributed by atoms with Gasteiger partial charge >= 0.3 is 0 Å². The molecule has 0 aromatic heterocycles. The SMILES string of the molecule is CC(=O)Nc1ccc(C(=O)CSc2cc(C)ccc2C)cc1. The third-order valence-electron chi connectivity index (χ3n) is 3.23. The van der Waals surface area contributed by atoms with Gasteiger partial charge in [0.15, 0.2) is 5.78 Å². The Hall–Kier alpha value is -2.07. The Kier molecular flexibility index (Phi) is 5.39. The number of amides is 1. The third-order valence-corrected chi connectivity index (χ3v) is 4.39. The molecule has 1 N–H and O–H groups in total. The van der Waals surface area contributed by atoms with E-state index in [1.807, 2.05) is 6.92 Å². The molecule has 114 valence electrons. The van der Waals surface area contributed by atoms with Crippen LogP contribution in [-0.2, 0) is 4.79 Å². The normalized spacial score (nSPS) is 10.3. The minimum Gasteiger partial charge on any atom is -0.326 e. The lowest BCUT2D eigenvalue weighted by atomic mass is 10.1. The van der Waals surface area contributed by atoms with Gasteiger partial charge < -0.3 is 5.32 Å². The smallest absolute Gasteiger partial charge is 0.221 e. The van der Waals surface area contributed by atoms with E-state index < -0.39 is 0 Å². The van der Waals surface area contributed by atoms with Crippen LogP contribution in [0.25, 0.3) is 0 Å². The van der Waals surface area contributed by atoms with Crippen LogP contribution in [0.3, 0.4) is 0 Å². The summed E-state index contributed by atoms with van der Waals surface area (Å²) in [7, 11) is 0. The second-order valence-electron chi connectivity index (χ2n) is 5.24. The highest BCUT2D eigenvalue weighted by atomic mass is 32.2. The zero-order chi connectivity index (χ0) is 16.1. The molecule has 1 amide bonds. The van der Waals surface area contributed by atoms with Gasteiger partial charge in [0.1, 0.15) is 0 Å². The van der Waals surface area contributed by atoms with E-state index in [9.17, 15) is 9.59 Å². The van der Waals surface area contributed by atoms with Crippen molar-refractivity contribution >= 4 is 29.1 Å². The molecule has 0 fully saturated rings. The minimum atomic E-state index is -0.121. The van der Waals surface area contributed by atoms with Crippen LogP contribution >= 0.6 is 11.8 Å². The molecule has 0 aliphatic heterocycles. The number of aryl methyl sites for hydroxylation is 2. The van der Waals surface area contributed by atoms with Gasteiger partial charge in [0.25, 0.3) is 0 Å². The topological polar surface area (TPSA) is 46.2 Å². The molecule has 0 radical (unpaired) electrons. The summed E-state index contributed by atoms with van der Waals surface area (Å²) in [6.07, 6.45) is 0. The maximum absolute atomic E-state index is 12.2. The van der Waals surface area contributed by atoms with Crippen molar-refractivity contribution in [1.82, 2.24) is 0 Å². The van der Waals surface area contributed by atoms with Crippen molar-refractivity contribution in [3.05, 3.63) is 59.2 Å². The molecule has 4 heteroatoms. The van der Waals surface area contributed by atoms with Crippen molar-refractivity contribution in [2.75, 3.05) is 11.1 Å². The lowest BCUT2D eigenvalue weighted by Crippen LogP contribution is -2.07. The van der Waals surface area contributed by atoms with E-state index in [0.29, 0.717) is 17.0 Å². The first-order valence-electron chi connectivity index (χ1n) is 7.06. The number of ketones is 1. The highest BCUT2D eigenvalue weighted by Gasteiger charge is 2.08. The van der Waals surface area contributed by atoms with Gasteiger partial charge in [0, 0.05) is 23.1 Å². The Morgan fingerprint density at radius 3 is 2.36 bits per heavy atom. The van der Waals surface area contributed by atoms with Crippen LogP contribution in [0, 0.1) is 13.8 Å². The molecule has 0 spiro atoms. The third kappa shape index (κ3) is 4.46.